The number of rotatable bonds is 8. The Kier molecular flexibility index (Phi) is 5.32. The third-order valence-corrected chi connectivity index (χ3v) is 3.64. The fourth-order valence-corrected chi connectivity index (χ4v) is 2.47. The van der Waals surface area contributed by atoms with Gasteiger partial charge in [0, 0.05) is 6.54 Å². The molecule has 0 aromatic carbocycles. The monoisotopic (exact) mass is 276 g/mol. The minimum absolute atomic E-state index is 0.0617. The van der Waals surface area contributed by atoms with Gasteiger partial charge in [0.1, 0.15) is 11.8 Å². The molecule has 0 radical (unpaired) electrons. The average Bonchev–Trinajstić information content (AvgIpc) is 2.77. The first-order valence-electron chi connectivity index (χ1n) is 7.70. The number of nitrogens with zero attached hydrogens (tertiary/aromatic N) is 3. The maximum Gasteiger partial charge on any atom is 0.327 e. The SMILES string of the molecule is CCCCCc1ncnc2c1[nH]c(=O)n2CCCCC. The van der Waals surface area contributed by atoms with E-state index >= 15 is 0 Å². The van der Waals surface area contributed by atoms with Crippen molar-refractivity contribution in [3.63, 3.8) is 0 Å². The number of unbranched alkanes of at least 4 members (excludes halogenated alkanes) is 4. The summed E-state index contributed by atoms with van der Waals surface area (Å²) >= 11 is 0. The predicted molar refractivity (Wildman–Crippen MR) is 80.9 cm³/mol. The summed E-state index contributed by atoms with van der Waals surface area (Å²) in [5.74, 6) is 0. The molecule has 0 fully saturated rings. The molecule has 0 aliphatic carbocycles. The van der Waals surface area contributed by atoms with Gasteiger partial charge in [-0.2, -0.15) is 0 Å². The summed E-state index contributed by atoms with van der Waals surface area (Å²) in [6, 6.07) is 0. The first-order chi connectivity index (χ1) is 9.77. The van der Waals surface area contributed by atoms with E-state index in [0.717, 1.165) is 55.5 Å². The van der Waals surface area contributed by atoms with Gasteiger partial charge in [-0.3, -0.25) is 4.57 Å². The average molecular weight is 276 g/mol. The number of fused-ring (bicyclic) bond motifs is 1. The van der Waals surface area contributed by atoms with Crippen LogP contribution in [-0.2, 0) is 13.0 Å². The van der Waals surface area contributed by atoms with Gasteiger partial charge in [-0.25, -0.2) is 14.8 Å². The highest BCUT2D eigenvalue weighted by Gasteiger charge is 2.11. The summed E-state index contributed by atoms with van der Waals surface area (Å²) in [4.78, 5) is 23.6. The summed E-state index contributed by atoms with van der Waals surface area (Å²) in [6.45, 7) is 5.08. The molecule has 0 amide bonds. The second-order valence-corrected chi connectivity index (χ2v) is 5.26. The van der Waals surface area contributed by atoms with E-state index in [-0.39, 0.29) is 5.69 Å². The van der Waals surface area contributed by atoms with Crippen molar-refractivity contribution >= 4 is 11.2 Å². The van der Waals surface area contributed by atoms with Crippen molar-refractivity contribution in [1.29, 1.82) is 0 Å². The van der Waals surface area contributed by atoms with Crippen LogP contribution in [0.3, 0.4) is 0 Å². The smallest absolute Gasteiger partial charge is 0.303 e. The van der Waals surface area contributed by atoms with E-state index < -0.39 is 0 Å². The molecule has 0 aliphatic rings. The van der Waals surface area contributed by atoms with Gasteiger partial charge in [0.05, 0.1) is 5.69 Å². The molecule has 0 unspecified atom stereocenters. The molecule has 0 saturated heterocycles. The van der Waals surface area contributed by atoms with E-state index in [2.05, 4.69) is 28.8 Å². The third-order valence-electron chi connectivity index (χ3n) is 3.64. The van der Waals surface area contributed by atoms with Gasteiger partial charge in [-0.1, -0.05) is 39.5 Å². The molecule has 0 spiro atoms. The Morgan fingerprint density at radius 2 is 1.85 bits per heavy atom. The first kappa shape index (κ1) is 14.8. The molecule has 2 aromatic heterocycles. The lowest BCUT2D eigenvalue weighted by atomic mass is 10.1. The molecule has 0 bridgehead atoms. The van der Waals surface area contributed by atoms with E-state index in [4.69, 9.17) is 0 Å². The molecular weight excluding hydrogens is 252 g/mol. The quantitative estimate of drug-likeness (QED) is 0.754. The van der Waals surface area contributed by atoms with Crippen molar-refractivity contribution in [2.45, 2.75) is 65.3 Å². The van der Waals surface area contributed by atoms with Crippen LogP contribution in [0.15, 0.2) is 11.1 Å². The zero-order valence-corrected chi connectivity index (χ0v) is 12.5. The minimum atomic E-state index is -0.0617. The first-order valence-corrected chi connectivity index (χ1v) is 7.70. The lowest BCUT2D eigenvalue weighted by Crippen LogP contribution is -2.17. The molecule has 2 aromatic rings. The van der Waals surface area contributed by atoms with Gasteiger partial charge in [0.15, 0.2) is 5.65 Å². The predicted octanol–water partition coefficient (Wildman–Crippen LogP) is 3.04. The number of hydrogen-bond donors (Lipinski definition) is 1. The molecule has 2 heterocycles. The summed E-state index contributed by atoms with van der Waals surface area (Å²) in [5.41, 5.74) is 2.49. The number of imidazole rings is 1. The molecule has 2 rings (SSSR count). The van der Waals surface area contributed by atoms with Crippen LogP contribution in [0.4, 0.5) is 0 Å². The summed E-state index contributed by atoms with van der Waals surface area (Å²) in [7, 11) is 0. The van der Waals surface area contributed by atoms with Crippen LogP contribution in [0.2, 0.25) is 0 Å². The van der Waals surface area contributed by atoms with Crippen LogP contribution in [0, 0.1) is 0 Å². The maximum absolute atomic E-state index is 12.1. The van der Waals surface area contributed by atoms with E-state index in [9.17, 15) is 4.79 Å². The number of H-pyrrole nitrogens is 1. The van der Waals surface area contributed by atoms with E-state index in [1.54, 1.807) is 10.9 Å². The normalized spacial score (nSPS) is 11.3. The van der Waals surface area contributed by atoms with Crippen molar-refractivity contribution in [1.82, 2.24) is 19.5 Å². The Hall–Kier alpha value is -1.65. The summed E-state index contributed by atoms with van der Waals surface area (Å²) in [5, 5.41) is 0. The summed E-state index contributed by atoms with van der Waals surface area (Å²) in [6.07, 6.45) is 9.25. The van der Waals surface area contributed by atoms with Crippen molar-refractivity contribution < 1.29 is 0 Å². The standard InChI is InChI=1S/C15H24N4O/c1-3-5-7-9-12-13-14(17-11-16-12)19(15(20)18-13)10-8-6-4-2/h11H,3-10H2,1-2H3,(H,18,20). The maximum atomic E-state index is 12.1. The largest absolute Gasteiger partial charge is 0.327 e. The Labute approximate surface area is 119 Å². The Morgan fingerprint density at radius 3 is 2.60 bits per heavy atom. The zero-order valence-electron chi connectivity index (χ0n) is 12.5. The van der Waals surface area contributed by atoms with Gasteiger partial charge in [-0.05, 0) is 19.3 Å². The highest BCUT2D eigenvalue weighted by Crippen LogP contribution is 2.14. The lowest BCUT2D eigenvalue weighted by molar-refractivity contribution is 0.597. The van der Waals surface area contributed by atoms with Gasteiger partial charge in [0.2, 0.25) is 0 Å². The molecule has 1 N–H and O–H groups in total. The Morgan fingerprint density at radius 1 is 1.10 bits per heavy atom. The van der Waals surface area contributed by atoms with Gasteiger partial charge in [-0.15, -0.1) is 0 Å². The van der Waals surface area contributed by atoms with Crippen molar-refractivity contribution in [2.75, 3.05) is 0 Å². The highest BCUT2D eigenvalue weighted by molar-refractivity contribution is 5.72. The number of nitrogens with one attached hydrogen (secondary N) is 1. The van der Waals surface area contributed by atoms with Crippen molar-refractivity contribution in [3.8, 4) is 0 Å². The van der Waals surface area contributed by atoms with Crippen LogP contribution in [0.5, 0.6) is 0 Å². The van der Waals surface area contributed by atoms with E-state index in [0.29, 0.717) is 0 Å². The molecule has 0 saturated carbocycles. The third kappa shape index (κ3) is 3.26. The van der Waals surface area contributed by atoms with E-state index in [1.165, 1.54) is 12.8 Å². The highest BCUT2D eigenvalue weighted by atomic mass is 16.1. The lowest BCUT2D eigenvalue weighted by Gasteiger charge is -2.03. The van der Waals surface area contributed by atoms with Gasteiger partial charge >= 0.3 is 5.69 Å². The molecule has 0 aliphatic heterocycles. The van der Waals surface area contributed by atoms with Crippen LogP contribution in [0.25, 0.3) is 11.2 Å². The fraction of sp³-hybridized carbons (Fsp3) is 0.667. The van der Waals surface area contributed by atoms with Crippen LogP contribution >= 0.6 is 0 Å². The van der Waals surface area contributed by atoms with Crippen molar-refractivity contribution in [2.24, 2.45) is 0 Å². The fourth-order valence-electron chi connectivity index (χ4n) is 2.47. The number of hydrogen-bond acceptors (Lipinski definition) is 3. The molecule has 5 heteroatoms. The Balaban J connectivity index is 2.25. The molecule has 20 heavy (non-hydrogen) atoms. The topological polar surface area (TPSA) is 63.6 Å². The number of aromatic amines is 1. The second kappa shape index (κ2) is 7.22. The van der Waals surface area contributed by atoms with Gasteiger partial charge < -0.3 is 4.98 Å². The molecule has 0 atom stereocenters. The second-order valence-electron chi connectivity index (χ2n) is 5.26. The number of aromatic nitrogens is 4. The van der Waals surface area contributed by atoms with Gasteiger partial charge in [0.25, 0.3) is 0 Å². The molecular formula is C15H24N4O. The molecule has 5 nitrogen and oxygen atoms in total. The Bertz CT molecular complexity index is 599. The van der Waals surface area contributed by atoms with Crippen molar-refractivity contribution in [3.05, 3.63) is 22.5 Å². The zero-order chi connectivity index (χ0) is 14.4. The van der Waals surface area contributed by atoms with E-state index in [1.807, 2.05) is 0 Å². The molecule has 110 valence electrons. The number of aryl methyl sites for hydroxylation is 2. The van der Waals surface area contributed by atoms with Crippen LogP contribution in [0.1, 0.15) is 58.1 Å². The van der Waals surface area contributed by atoms with Crippen LogP contribution < -0.4 is 5.69 Å². The summed E-state index contributed by atoms with van der Waals surface area (Å²) < 4.78 is 1.75. The van der Waals surface area contributed by atoms with Crippen LogP contribution in [-0.4, -0.2) is 19.5 Å². The minimum Gasteiger partial charge on any atom is -0.303 e.